The molecule has 0 radical (unpaired) electrons. The summed E-state index contributed by atoms with van der Waals surface area (Å²) >= 11 is 0. The van der Waals surface area contributed by atoms with Crippen LogP contribution in [-0.4, -0.2) is 18.1 Å². The predicted molar refractivity (Wildman–Crippen MR) is 68.3 cm³/mol. The standard InChI is InChI=1S/C14H15F3N2/c1-8-2-3-11-10(6-8)12(9-4-5-18-7-9)13(19-11)14(15,16)17/h2-3,6,9,18-19H,4-5,7H2,1H3. The fourth-order valence-corrected chi connectivity index (χ4v) is 2.88. The molecular formula is C14H15F3N2. The van der Waals surface area contributed by atoms with E-state index in [1.807, 2.05) is 19.1 Å². The largest absolute Gasteiger partial charge is 0.431 e. The molecule has 19 heavy (non-hydrogen) atoms. The molecule has 0 saturated carbocycles. The van der Waals surface area contributed by atoms with Crippen molar-refractivity contribution in [3.63, 3.8) is 0 Å². The number of aryl methyl sites for hydroxylation is 1. The van der Waals surface area contributed by atoms with Crippen LogP contribution in [-0.2, 0) is 6.18 Å². The highest BCUT2D eigenvalue weighted by atomic mass is 19.4. The molecule has 2 aromatic rings. The van der Waals surface area contributed by atoms with Gasteiger partial charge in [0.2, 0.25) is 0 Å². The lowest BCUT2D eigenvalue weighted by atomic mass is 9.94. The minimum absolute atomic E-state index is 0.0628. The van der Waals surface area contributed by atoms with Gasteiger partial charge in [0.15, 0.2) is 0 Å². The number of alkyl halides is 3. The number of hydrogen-bond donors (Lipinski definition) is 2. The van der Waals surface area contributed by atoms with Crippen molar-refractivity contribution in [1.82, 2.24) is 10.3 Å². The highest BCUT2D eigenvalue weighted by molar-refractivity contribution is 5.86. The van der Waals surface area contributed by atoms with Gasteiger partial charge in [-0.15, -0.1) is 0 Å². The van der Waals surface area contributed by atoms with Gasteiger partial charge in [-0.2, -0.15) is 13.2 Å². The number of rotatable bonds is 1. The van der Waals surface area contributed by atoms with E-state index >= 15 is 0 Å². The monoisotopic (exact) mass is 268 g/mol. The molecule has 0 bridgehead atoms. The molecule has 1 unspecified atom stereocenters. The minimum Gasteiger partial charge on any atom is -0.351 e. The van der Waals surface area contributed by atoms with E-state index in [1.165, 1.54) is 0 Å². The van der Waals surface area contributed by atoms with Gasteiger partial charge in [0.05, 0.1) is 0 Å². The third-order valence-corrected chi connectivity index (χ3v) is 3.75. The van der Waals surface area contributed by atoms with Crippen LogP contribution in [0.3, 0.4) is 0 Å². The zero-order chi connectivity index (χ0) is 13.6. The van der Waals surface area contributed by atoms with Crippen LogP contribution >= 0.6 is 0 Å². The van der Waals surface area contributed by atoms with Crippen molar-refractivity contribution in [3.8, 4) is 0 Å². The second-order valence-electron chi connectivity index (χ2n) is 5.15. The Hall–Kier alpha value is -1.49. The van der Waals surface area contributed by atoms with E-state index in [-0.39, 0.29) is 5.92 Å². The fraction of sp³-hybridized carbons (Fsp3) is 0.429. The van der Waals surface area contributed by atoms with Crippen molar-refractivity contribution in [2.45, 2.75) is 25.4 Å². The van der Waals surface area contributed by atoms with E-state index < -0.39 is 11.9 Å². The lowest BCUT2D eigenvalue weighted by Crippen LogP contribution is -2.13. The Bertz CT molecular complexity index is 607. The summed E-state index contributed by atoms with van der Waals surface area (Å²) < 4.78 is 39.6. The molecule has 0 amide bonds. The smallest absolute Gasteiger partial charge is 0.351 e. The molecule has 1 fully saturated rings. The Morgan fingerprint density at radius 3 is 2.68 bits per heavy atom. The van der Waals surface area contributed by atoms with Crippen molar-refractivity contribution < 1.29 is 13.2 Å². The zero-order valence-electron chi connectivity index (χ0n) is 10.6. The van der Waals surface area contributed by atoms with E-state index in [0.29, 0.717) is 23.0 Å². The molecule has 102 valence electrons. The van der Waals surface area contributed by atoms with Gasteiger partial charge in [-0.05, 0) is 37.6 Å². The van der Waals surface area contributed by atoms with Gasteiger partial charge < -0.3 is 10.3 Å². The summed E-state index contributed by atoms with van der Waals surface area (Å²) in [4.78, 5) is 2.56. The molecule has 1 aliphatic rings. The molecule has 0 aliphatic carbocycles. The lowest BCUT2D eigenvalue weighted by Gasteiger charge is -2.13. The number of fused-ring (bicyclic) bond motifs is 1. The summed E-state index contributed by atoms with van der Waals surface area (Å²) in [6, 6.07) is 5.40. The Morgan fingerprint density at radius 1 is 1.26 bits per heavy atom. The highest BCUT2D eigenvalue weighted by Gasteiger charge is 2.39. The lowest BCUT2D eigenvalue weighted by molar-refractivity contribution is -0.141. The third-order valence-electron chi connectivity index (χ3n) is 3.75. The first kappa shape index (κ1) is 12.5. The maximum atomic E-state index is 13.2. The molecule has 1 saturated heterocycles. The van der Waals surface area contributed by atoms with Gasteiger partial charge in [-0.3, -0.25) is 0 Å². The molecule has 1 aromatic heterocycles. The average Bonchev–Trinajstić information content (AvgIpc) is 2.92. The first-order valence-corrected chi connectivity index (χ1v) is 6.37. The van der Waals surface area contributed by atoms with Crippen molar-refractivity contribution in [1.29, 1.82) is 0 Å². The molecular weight excluding hydrogens is 253 g/mol. The van der Waals surface area contributed by atoms with Crippen molar-refractivity contribution in [2.24, 2.45) is 0 Å². The molecule has 2 heterocycles. The quantitative estimate of drug-likeness (QED) is 0.813. The van der Waals surface area contributed by atoms with Gasteiger partial charge in [0.1, 0.15) is 5.69 Å². The van der Waals surface area contributed by atoms with Crippen LogP contribution in [0.5, 0.6) is 0 Å². The Kier molecular flexibility index (Phi) is 2.82. The summed E-state index contributed by atoms with van der Waals surface area (Å²) in [5, 5.41) is 3.85. The van der Waals surface area contributed by atoms with E-state index in [2.05, 4.69) is 10.3 Å². The Morgan fingerprint density at radius 2 is 2.05 bits per heavy atom. The topological polar surface area (TPSA) is 27.8 Å². The van der Waals surface area contributed by atoms with Crippen LogP contribution in [0.25, 0.3) is 10.9 Å². The van der Waals surface area contributed by atoms with E-state index in [1.54, 1.807) is 6.07 Å². The summed E-state index contributed by atoms with van der Waals surface area (Å²) in [6.07, 6.45) is -3.57. The number of H-pyrrole nitrogens is 1. The SMILES string of the molecule is Cc1ccc2[nH]c(C(F)(F)F)c(C3CCNC3)c2c1. The molecule has 1 aromatic carbocycles. The summed E-state index contributed by atoms with van der Waals surface area (Å²) in [6.45, 7) is 3.29. The molecule has 3 rings (SSSR count). The summed E-state index contributed by atoms with van der Waals surface area (Å²) in [5.74, 6) is -0.0628. The van der Waals surface area contributed by atoms with Crippen LogP contribution in [0.1, 0.15) is 29.2 Å². The number of aromatic nitrogens is 1. The number of hydrogen-bond acceptors (Lipinski definition) is 1. The molecule has 1 aliphatic heterocycles. The molecule has 2 nitrogen and oxygen atoms in total. The van der Waals surface area contributed by atoms with Crippen LogP contribution in [0, 0.1) is 6.92 Å². The first-order chi connectivity index (χ1) is 8.97. The fourth-order valence-electron chi connectivity index (χ4n) is 2.88. The number of benzene rings is 1. The average molecular weight is 268 g/mol. The van der Waals surface area contributed by atoms with Gasteiger partial charge >= 0.3 is 6.18 Å². The second kappa shape index (κ2) is 4.27. The van der Waals surface area contributed by atoms with E-state index in [9.17, 15) is 13.2 Å². The van der Waals surface area contributed by atoms with E-state index in [4.69, 9.17) is 0 Å². The van der Waals surface area contributed by atoms with Crippen LogP contribution in [0.2, 0.25) is 0 Å². The van der Waals surface area contributed by atoms with E-state index in [0.717, 1.165) is 18.5 Å². The van der Waals surface area contributed by atoms with Crippen LogP contribution < -0.4 is 5.32 Å². The minimum atomic E-state index is -4.33. The molecule has 5 heteroatoms. The van der Waals surface area contributed by atoms with Crippen LogP contribution in [0.4, 0.5) is 13.2 Å². The maximum Gasteiger partial charge on any atom is 0.431 e. The normalized spacial score (nSPS) is 20.3. The zero-order valence-corrected chi connectivity index (χ0v) is 10.6. The first-order valence-electron chi connectivity index (χ1n) is 6.37. The summed E-state index contributed by atoms with van der Waals surface area (Å²) in [7, 11) is 0. The van der Waals surface area contributed by atoms with Crippen molar-refractivity contribution in [2.75, 3.05) is 13.1 Å². The molecule has 1 atom stereocenters. The van der Waals surface area contributed by atoms with Gasteiger partial charge in [-0.1, -0.05) is 11.6 Å². The van der Waals surface area contributed by atoms with Crippen molar-refractivity contribution >= 4 is 10.9 Å². The molecule has 0 spiro atoms. The number of halogens is 3. The van der Waals surface area contributed by atoms with Gasteiger partial charge in [-0.25, -0.2) is 0 Å². The second-order valence-corrected chi connectivity index (χ2v) is 5.15. The number of nitrogens with one attached hydrogen (secondary N) is 2. The Balaban J connectivity index is 2.26. The highest BCUT2D eigenvalue weighted by Crippen LogP contribution is 2.41. The maximum absolute atomic E-state index is 13.2. The predicted octanol–water partition coefficient (Wildman–Crippen LogP) is 3.57. The Labute approximate surface area is 109 Å². The van der Waals surface area contributed by atoms with Gasteiger partial charge in [0.25, 0.3) is 0 Å². The van der Waals surface area contributed by atoms with Crippen molar-refractivity contribution in [3.05, 3.63) is 35.0 Å². The number of aromatic amines is 1. The molecule has 2 N–H and O–H groups in total. The van der Waals surface area contributed by atoms with Crippen LogP contribution in [0.15, 0.2) is 18.2 Å². The summed E-state index contributed by atoms with van der Waals surface area (Å²) in [5.41, 5.74) is 1.39. The third kappa shape index (κ3) is 2.12. The van der Waals surface area contributed by atoms with Gasteiger partial charge in [0, 0.05) is 23.4 Å².